The Morgan fingerprint density at radius 1 is 0.810 bits per heavy atom. The van der Waals surface area contributed by atoms with Gasteiger partial charge in [-0.2, -0.15) is 0 Å². The van der Waals surface area contributed by atoms with E-state index in [-0.39, 0.29) is 10.8 Å². The van der Waals surface area contributed by atoms with Gasteiger partial charge in [-0.3, -0.25) is 0 Å². The quantitative estimate of drug-likeness (QED) is 0.598. The zero-order valence-electron chi connectivity index (χ0n) is 13.6. The van der Waals surface area contributed by atoms with Crippen LogP contribution in [0, 0.1) is 0 Å². The van der Waals surface area contributed by atoms with Crippen LogP contribution >= 0.6 is 23.5 Å². The van der Waals surface area contributed by atoms with Crippen molar-refractivity contribution >= 4 is 23.5 Å². The lowest BCUT2D eigenvalue weighted by Crippen LogP contribution is -2.47. The molecule has 1 spiro atoms. The number of hydrogen-bond acceptors (Lipinski definition) is 2. The minimum atomic E-state index is 0.250. The molecule has 0 nitrogen and oxygen atoms in total. The predicted molar refractivity (Wildman–Crippen MR) is 96.5 cm³/mol. The van der Waals surface area contributed by atoms with Crippen LogP contribution in [0.15, 0.2) is 24.3 Å². The molecule has 0 aromatic heterocycles. The Morgan fingerprint density at radius 3 is 1.67 bits per heavy atom. The molecule has 0 bridgehead atoms. The van der Waals surface area contributed by atoms with Crippen molar-refractivity contribution in [2.45, 2.75) is 78.8 Å². The van der Waals surface area contributed by atoms with E-state index in [9.17, 15) is 0 Å². The van der Waals surface area contributed by atoms with Crippen LogP contribution in [0.1, 0.15) is 64.5 Å². The van der Waals surface area contributed by atoms with E-state index >= 15 is 0 Å². The molecule has 2 heteroatoms. The van der Waals surface area contributed by atoms with Crippen LogP contribution in [0.2, 0.25) is 0 Å². The first-order valence-electron chi connectivity index (χ1n) is 8.36. The maximum Gasteiger partial charge on any atom is 0.0798 e. The van der Waals surface area contributed by atoms with Crippen LogP contribution in [0.5, 0.6) is 0 Å². The van der Waals surface area contributed by atoms with Gasteiger partial charge in [0.1, 0.15) is 0 Å². The Kier molecular flexibility index (Phi) is 3.09. The van der Waals surface area contributed by atoms with Gasteiger partial charge >= 0.3 is 0 Å². The number of benzene rings is 1. The molecule has 1 saturated heterocycles. The number of fused-ring (bicyclic) bond motifs is 2. The Morgan fingerprint density at radius 2 is 1.24 bits per heavy atom. The van der Waals surface area contributed by atoms with Gasteiger partial charge in [-0.1, -0.05) is 64.8 Å². The van der Waals surface area contributed by atoms with Crippen molar-refractivity contribution in [2.75, 3.05) is 0 Å². The van der Waals surface area contributed by atoms with Gasteiger partial charge in [-0.05, 0) is 24.0 Å². The van der Waals surface area contributed by atoms with Gasteiger partial charge < -0.3 is 0 Å². The number of thioether (sulfide) groups is 2. The largest absolute Gasteiger partial charge is 0.138 e. The molecule has 4 rings (SSSR count). The van der Waals surface area contributed by atoms with E-state index in [1.54, 1.807) is 11.1 Å². The van der Waals surface area contributed by atoms with E-state index in [1.807, 2.05) is 0 Å². The molecule has 0 amide bonds. The van der Waals surface area contributed by atoms with E-state index < -0.39 is 0 Å². The second-order valence-electron chi connectivity index (χ2n) is 8.01. The Balaban J connectivity index is 1.86. The van der Waals surface area contributed by atoms with Crippen molar-refractivity contribution < 1.29 is 0 Å². The molecule has 0 radical (unpaired) electrons. The molecule has 0 N–H and O–H groups in total. The summed E-state index contributed by atoms with van der Waals surface area (Å²) in [6.45, 7) is 9.99. The van der Waals surface area contributed by atoms with Crippen LogP contribution in [-0.2, 0) is 10.8 Å². The zero-order chi connectivity index (χ0) is 14.9. The molecular formula is C19H26S2. The minimum Gasteiger partial charge on any atom is -0.138 e. The molecule has 114 valence electrons. The smallest absolute Gasteiger partial charge is 0.0798 e. The van der Waals surface area contributed by atoms with Crippen molar-refractivity contribution in [3.63, 3.8) is 0 Å². The molecule has 2 atom stereocenters. The molecule has 0 unspecified atom stereocenters. The third-order valence-electron chi connectivity index (χ3n) is 6.20. The van der Waals surface area contributed by atoms with E-state index in [2.05, 4.69) is 75.5 Å². The Hall–Kier alpha value is -0.0800. The third-order valence-corrected chi connectivity index (χ3v) is 11.4. The Labute approximate surface area is 137 Å². The zero-order valence-corrected chi connectivity index (χ0v) is 15.2. The second-order valence-corrected chi connectivity index (χ2v) is 11.2. The molecule has 2 aliphatic carbocycles. The highest BCUT2D eigenvalue weighted by molar-refractivity contribution is 8.22. The topological polar surface area (TPSA) is 0 Å². The molecule has 2 fully saturated rings. The number of rotatable bonds is 0. The van der Waals surface area contributed by atoms with Crippen molar-refractivity contribution in [3.8, 4) is 0 Å². The lowest BCUT2D eigenvalue weighted by Gasteiger charge is -2.46. The Bertz CT molecular complexity index is 522. The molecule has 1 saturated carbocycles. The van der Waals surface area contributed by atoms with Crippen molar-refractivity contribution in [3.05, 3.63) is 35.4 Å². The summed E-state index contributed by atoms with van der Waals surface area (Å²) in [5.41, 5.74) is 3.68. The summed E-state index contributed by atoms with van der Waals surface area (Å²) in [7, 11) is 0. The summed E-state index contributed by atoms with van der Waals surface area (Å²) in [6.07, 6.45) is 5.76. The van der Waals surface area contributed by atoms with Gasteiger partial charge in [-0.25, -0.2) is 0 Å². The van der Waals surface area contributed by atoms with Gasteiger partial charge in [0, 0.05) is 21.3 Å². The summed E-state index contributed by atoms with van der Waals surface area (Å²) in [6, 6.07) is 9.23. The van der Waals surface area contributed by atoms with Crippen molar-refractivity contribution in [1.82, 2.24) is 0 Å². The van der Waals surface area contributed by atoms with Crippen LogP contribution in [0.25, 0.3) is 0 Å². The summed E-state index contributed by atoms with van der Waals surface area (Å²) >= 11 is 4.68. The second kappa shape index (κ2) is 4.47. The monoisotopic (exact) mass is 318 g/mol. The van der Waals surface area contributed by atoms with Gasteiger partial charge in [0.15, 0.2) is 0 Å². The van der Waals surface area contributed by atoms with E-state index in [4.69, 9.17) is 0 Å². The lowest BCUT2D eigenvalue weighted by molar-refractivity contribution is 0.388. The summed E-state index contributed by atoms with van der Waals surface area (Å²) < 4.78 is 0.309. The van der Waals surface area contributed by atoms with E-state index in [1.165, 1.54) is 25.7 Å². The van der Waals surface area contributed by atoms with Gasteiger partial charge in [-0.15, -0.1) is 23.5 Å². The van der Waals surface area contributed by atoms with Gasteiger partial charge in [0.25, 0.3) is 0 Å². The molecular weight excluding hydrogens is 292 g/mol. The summed E-state index contributed by atoms with van der Waals surface area (Å²) in [5, 5.41) is 1.77. The fraction of sp³-hybridized carbons (Fsp3) is 0.684. The summed E-state index contributed by atoms with van der Waals surface area (Å²) in [5.74, 6) is 0. The average Bonchev–Trinajstić information content (AvgIpc) is 2.93. The number of hydrogen-bond donors (Lipinski definition) is 0. The highest BCUT2D eigenvalue weighted by Gasteiger charge is 2.67. The fourth-order valence-electron chi connectivity index (χ4n) is 5.08. The molecule has 1 aromatic carbocycles. The van der Waals surface area contributed by atoms with E-state index in [0.29, 0.717) is 4.08 Å². The third kappa shape index (κ3) is 1.67. The first-order chi connectivity index (χ1) is 9.90. The van der Waals surface area contributed by atoms with E-state index in [0.717, 1.165) is 10.5 Å². The van der Waals surface area contributed by atoms with Crippen LogP contribution in [-0.4, -0.2) is 14.6 Å². The van der Waals surface area contributed by atoms with Crippen LogP contribution < -0.4 is 0 Å². The highest BCUT2D eigenvalue weighted by Crippen LogP contribution is 2.74. The molecule has 21 heavy (non-hydrogen) atoms. The van der Waals surface area contributed by atoms with Gasteiger partial charge in [0.05, 0.1) is 4.08 Å². The first kappa shape index (κ1) is 14.5. The van der Waals surface area contributed by atoms with Crippen molar-refractivity contribution in [2.24, 2.45) is 0 Å². The van der Waals surface area contributed by atoms with Crippen LogP contribution in [0.4, 0.5) is 0 Å². The molecule has 1 aromatic rings. The fourth-order valence-corrected chi connectivity index (χ4v) is 10.00. The van der Waals surface area contributed by atoms with Gasteiger partial charge in [0.2, 0.25) is 0 Å². The summed E-state index contributed by atoms with van der Waals surface area (Å²) in [4.78, 5) is 0. The van der Waals surface area contributed by atoms with Crippen LogP contribution in [0.3, 0.4) is 0 Å². The molecule has 1 heterocycles. The first-order valence-corrected chi connectivity index (χ1v) is 10.1. The average molecular weight is 319 g/mol. The molecule has 3 aliphatic rings. The maximum atomic E-state index is 2.50. The molecule has 1 aliphatic heterocycles. The van der Waals surface area contributed by atoms with Crippen molar-refractivity contribution in [1.29, 1.82) is 0 Å². The highest BCUT2D eigenvalue weighted by atomic mass is 32.2. The normalized spacial score (nSPS) is 34.7. The SMILES string of the molecule is CC1(C)c2ccccc2C(C)(C)C12S[C@@H]1CCCC[C@H]1S2. The maximum absolute atomic E-state index is 2.50. The minimum absolute atomic E-state index is 0.250. The lowest BCUT2D eigenvalue weighted by atomic mass is 9.80. The standard InChI is InChI=1S/C19H26S2/c1-17(2)13-9-5-6-10-14(13)18(3,4)19(17)20-15-11-7-8-12-16(15)21-19/h5-6,9-10,15-16H,7-8,11-12H2,1-4H3/t15-,16-/m1/s1. The predicted octanol–water partition coefficient (Wildman–Crippen LogP) is 5.74.